The molecule has 124 valence electrons. The number of carbonyl (C=O) groups excluding carboxylic acids is 3. The molecule has 1 saturated carbocycles. The van der Waals surface area contributed by atoms with Crippen molar-refractivity contribution in [3.05, 3.63) is 41.4 Å². The number of carbonyl (C=O) groups is 3. The van der Waals surface area contributed by atoms with E-state index in [1.165, 1.54) is 4.90 Å². The largest absolute Gasteiger partial charge is 0.326 e. The highest BCUT2D eigenvalue weighted by atomic mass is 35.5. The van der Waals surface area contributed by atoms with Gasteiger partial charge in [0.05, 0.1) is 11.8 Å². The van der Waals surface area contributed by atoms with Crippen LogP contribution in [0.15, 0.2) is 36.4 Å². The van der Waals surface area contributed by atoms with E-state index < -0.39 is 0 Å². The van der Waals surface area contributed by atoms with Gasteiger partial charge in [0.25, 0.3) is 0 Å². The molecule has 2 fully saturated rings. The molecule has 0 aromatic heterocycles. The second kappa shape index (κ2) is 5.74. The van der Waals surface area contributed by atoms with Crippen LogP contribution in [0.3, 0.4) is 0 Å². The van der Waals surface area contributed by atoms with E-state index >= 15 is 0 Å². The van der Waals surface area contributed by atoms with Crippen molar-refractivity contribution in [3.63, 3.8) is 0 Å². The first-order chi connectivity index (χ1) is 11.5. The molecule has 5 nitrogen and oxygen atoms in total. The molecular weight excluding hydrogens is 328 g/mol. The maximum Gasteiger partial charge on any atom is 0.233 e. The van der Waals surface area contributed by atoms with Gasteiger partial charge in [0.1, 0.15) is 0 Å². The second-order valence-electron chi connectivity index (χ2n) is 6.64. The minimum absolute atomic E-state index is 0.0895. The minimum atomic E-state index is -0.240. The number of nitrogens with zero attached hydrogens (tertiary/aromatic N) is 1. The highest BCUT2D eigenvalue weighted by Gasteiger charge is 2.58. The summed E-state index contributed by atoms with van der Waals surface area (Å²) >= 11 is 5.88. The highest BCUT2D eigenvalue weighted by Crippen LogP contribution is 2.52. The summed E-state index contributed by atoms with van der Waals surface area (Å²) in [7, 11) is 0. The van der Waals surface area contributed by atoms with Gasteiger partial charge in [0.15, 0.2) is 0 Å². The van der Waals surface area contributed by atoms with Crippen molar-refractivity contribution in [3.8, 4) is 0 Å². The zero-order valence-electron chi connectivity index (χ0n) is 12.9. The highest BCUT2D eigenvalue weighted by molar-refractivity contribution is 6.30. The third-order valence-electron chi connectivity index (χ3n) is 5.23. The summed E-state index contributed by atoms with van der Waals surface area (Å²) in [5, 5.41) is 3.27. The Hall–Kier alpha value is -2.14. The first kappa shape index (κ1) is 15.4. The molecule has 24 heavy (non-hydrogen) atoms. The molecule has 4 atom stereocenters. The Morgan fingerprint density at radius 1 is 1.17 bits per heavy atom. The van der Waals surface area contributed by atoms with E-state index in [2.05, 4.69) is 17.5 Å². The van der Waals surface area contributed by atoms with Crippen molar-refractivity contribution < 1.29 is 14.4 Å². The van der Waals surface area contributed by atoms with Crippen LogP contribution in [0.2, 0.25) is 5.02 Å². The maximum atomic E-state index is 12.5. The SMILES string of the molecule is O=C(CCN1C(=O)[C@@H]2[C@H](C1=O)[C@H]1C=C[C@H]2C1)Nc1cccc(Cl)c1. The van der Waals surface area contributed by atoms with Gasteiger partial charge in [-0.1, -0.05) is 29.8 Å². The maximum absolute atomic E-state index is 12.5. The number of fused-ring (bicyclic) bond motifs is 5. The van der Waals surface area contributed by atoms with Crippen LogP contribution in [0.4, 0.5) is 5.69 Å². The molecule has 2 aliphatic carbocycles. The summed E-state index contributed by atoms with van der Waals surface area (Å²) < 4.78 is 0. The fraction of sp³-hybridized carbons (Fsp3) is 0.389. The molecule has 3 aliphatic rings. The zero-order valence-corrected chi connectivity index (χ0v) is 13.7. The van der Waals surface area contributed by atoms with Crippen LogP contribution in [-0.2, 0) is 14.4 Å². The van der Waals surface area contributed by atoms with Gasteiger partial charge in [0, 0.05) is 23.7 Å². The van der Waals surface area contributed by atoms with Gasteiger partial charge in [-0.2, -0.15) is 0 Å². The fourth-order valence-corrected chi connectivity index (χ4v) is 4.38. The van der Waals surface area contributed by atoms with Crippen LogP contribution < -0.4 is 5.32 Å². The third-order valence-corrected chi connectivity index (χ3v) is 5.47. The van der Waals surface area contributed by atoms with Gasteiger partial charge in [0.2, 0.25) is 17.7 Å². The van der Waals surface area contributed by atoms with Crippen LogP contribution in [0.25, 0.3) is 0 Å². The summed E-state index contributed by atoms with van der Waals surface area (Å²) in [6, 6.07) is 6.86. The van der Waals surface area contributed by atoms with Crippen molar-refractivity contribution in [1.29, 1.82) is 0 Å². The third kappa shape index (κ3) is 2.44. The van der Waals surface area contributed by atoms with Gasteiger partial charge < -0.3 is 5.32 Å². The number of hydrogen-bond donors (Lipinski definition) is 1. The second-order valence-corrected chi connectivity index (χ2v) is 7.07. The predicted octanol–water partition coefficient (Wildman–Crippen LogP) is 2.48. The molecule has 0 radical (unpaired) electrons. The number of anilines is 1. The molecule has 1 N–H and O–H groups in total. The molecule has 4 rings (SSSR count). The van der Waals surface area contributed by atoms with Crippen LogP contribution in [0.1, 0.15) is 12.8 Å². The Balaban J connectivity index is 1.37. The van der Waals surface area contributed by atoms with E-state index in [1.54, 1.807) is 24.3 Å². The summed E-state index contributed by atoms with van der Waals surface area (Å²) in [6.07, 6.45) is 5.13. The van der Waals surface area contributed by atoms with Crippen molar-refractivity contribution in [2.24, 2.45) is 23.7 Å². The van der Waals surface area contributed by atoms with E-state index in [-0.39, 0.29) is 54.4 Å². The number of rotatable bonds is 4. The molecule has 1 heterocycles. The van der Waals surface area contributed by atoms with E-state index in [1.807, 2.05) is 0 Å². The molecule has 2 bridgehead atoms. The van der Waals surface area contributed by atoms with Crippen LogP contribution in [0.5, 0.6) is 0 Å². The molecule has 1 saturated heterocycles. The summed E-state index contributed by atoms with van der Waals surface area (Å²) in [4.78, 5) is 38.4. The quantitative estimate of drug-likeness (QED) is 0.674. The first-order valence-electron chi connectivity index (χ1n) is 8.13. The number of amides is 3. The number of allylic oxidation sites excluding steroid dienone is 2. The average Bonchev–Trinajstić information content (AvgIpc) is 3.20. The Bertz CT molecular complexity index is 730. The van der Waals surface area contributed by atoms with E-state index in [9.17, 15) is 14.4 Å². The molecule has 0 unspecified atom stereocenters. The Labute approximate surface area is 144 Å². The number of halogens is 1. The Morgan fingerprint density at radius 2 is 1.83 bits per heavy atom. The van der Waals surface area contributed by atoms with Crippen molar-refractivity contribution in [1.82, 2.24) is 4.90 Å². The topological polar surface area (TPSA) is 66.5 Å². The van der Waals surface area contributed by atoms with Gasteiger partial charge in [-0.3, -0.25) is 19.3 Å². The Morgan fingerprint density at radius 3 is 2.46 bits per heavy atom. The van der Waals surface area contributed by atoms with Gasteiger partial charge >= 0.3 is 0 Å². The molecule has 1 aromatic rings. The monoisotopic (exact) mass is 344 g/mol. The van der Waals surface area contributed by atoms with Crippen molar-refractivity contribution in [2.45, 2.75) is 12.8 Å². The number of imide groups is 1. The van der Waals surface area contributed by atoms with Crippen LogP contribution in [0, 0.1) is 23.7 Å². The predicted molar refractivity (Wildman–Crippen MR) is 89.1 cm³/mol. The number of benzene rings is 1. The van der Waals surface area contributed by atoms with E-state index in [0.29, 0.717) is 10.7 Å². The van der Waals surface area contributed by atoms with Crippen molar-refractivity contribution >= 4 is 35.0 Å². The lowest BCUT2D eigenvalue weighted by Crippen LogP contribution is -2.35. The molecule has 0 spiro atoms. The normalized spacial score (nSPS) is 30.1. The summed E-state index contributed by atoms with van der Waals surface area (Å²) in [6.45, 7) is 0.135. The smallest absolute Gasteiger partial charge is 0.233 e. The summed E-state index contributed by atoms with van der Waals surface area (Å²) in [5.74, 6) is -0.485. The van der Waals surface area contributed by atoms with Crippen LogP contribution >= 0.6 is 11.6 Å². The van der Waals surface area contributed by atoms with Gasteiger partial charge in [-0.25, -0.2) is 0 Å². The lowest BCUT2D eigenvalue weighted by atomic mass is 9.85. The van der Waals surface area contributed by atoms with E-state index in [0.717, 1.165) is 6.42 Å². The molecule has 6 heteroatoms. The first-order valence-corrected chi connectivity index (χ1v) is 8.51. The van der Waals surface area contributed by atoms with Gasteiger partial charge in [-0.15, -0.1) is 0 Å². The molecule has 3 amide bonds. The number of hydrogen-bond acceptors (Lipinski definition) is 3. The minimum Gasteiger partial charge on any atom is -0.326 e. The lowest BCUT2D eigenvalue weighted by Gasteiger charge is -2.16. The van der Waals surface area contributed by atoms with E-state index in [4.69, 9.17) is 11.6 Å². The number of likely N-dealkylation sites (tertiary alicyclic amines) is 1. The summed E-state index contributed by atoms with van der Waals surface area (Å²) in [5.41, 5.74) is 0.602. The molecule has 1 aliphatic heterocycles. The van der Waals surface area contributed by atoms with Crippen molar-refractivity contribution in [2.75, 3.05) is 11.9 Å². The zero-order chi connectivity index (χ0) is 16.8. The standard InChI is InChI=1S/C18H17ClN2O3/c19-12-2-1-3-13(9-12)20-14(22)6-7-21-17(23)15-10-4-5-11(8-10)16(15)18(21)24/h1-5,9-11,15-16H,6-8H2,(H,20,22)/t10-,11-,15-,16+/m0/s1. The van der Waals surface area contributed by atoms with Gasteiger partial charge in [-0.05, 0) is 36.5 Å². The average molecular weight is 345 g/mol. The molecular formula is C18H17ClN2O3. The van der Waals surface area contributed by atoms with Crippen LogP contribution in [-0.4, -0.2) is 29.2 Å². The fourth-order valence-electron chi connectivity index (χ4n) is 4.19. The number of nitrogens with one attached hydrogen (secondary N) is 1. The lowest BCUT2D eigenvalue weighted by molar-refractivity contribution is -0.140. The Kier molecular flexibility index (Phi) is 3.68. The molecule has 1 aromatic carbocycles.